The Kier molecular flexibility index (Phi) is 3.18. The van der Waals surface area contributed by atoms with Crippen molar-refractivity contribution in [3.63, 3.8) is 0 Å². The lowest BCUT2D eigenvalue weighted by atomic mass is 10.2. The number of carboxylic acids is 1. The van der Waals surface area contributed by atoms with Gasteiger partial charge in [0.1, 0.15) is 6.54 Å². The molecule has 6 nitrogen and oxygen atoms in total. The van der Waals surface area contributed by atoms with Crippen LogP contribution in [-0.4, -0.2) is 25.3 Å². The smallest absolute Gasteiger partial charge is 0.331 e. The van der Waals surface area contributed by atoms with Crippen LogP contribution in [0, 0.1) is 0 Å². The SMILES string of the molecule is O=C(O)Cn1cc(O)n(Cc2ccccc2)c1=O. The first kappa shape index (κ1) is 12.0. The van der Waals surface area contributed by atoms with E-state index in [1.54, 1.807) is 0 Å². The molecule has 0 atom stereocenters. The molecule has 2 N–H and O–H groups in total. The van der Waals surface area contributed by atoms with Crippen molar-refractivity contribution in [3.8, 4) is 5.88 Å². The molecule has 0 aliphatic carbocycles. The van der Waals surface area contributed by atoms with Crippen molar-refractivity contribution in [1.29, 1.82) is 0 Å². The predicted molar refractivity (Wildman–Crippen MR) is 63.5 cm³/mol. The van der Waals surface area contributed by atoms with Gasteiger partial charge in [-0.15, -0.1) is 0 Å². The van der Waals surface area contributed by atoms with E-state index in [4.69, 9.17) is 5.11 Å². The van der Waals surface area contributed by atoms with E-state index in [-0.39, 0.29) is 12.4 Å². The number of hydrogen-bond acceptors (Lipinski definition) is 3. The molecule has 0 bridgehead atoms. The summed E-state index contributed by atoms with van der Waals surface area (Å²) in [4.78, 5) is 22.4. The zero-order chi connectivity index (χ0) is 13.1. The van der Waals surface area contributed by atoms with Crippen LogP contribution in [0.1, 0.15) is 5.56 Å². The highest BCUT2D eigenvalue weighted by molar-refractivity contribution is 5.66. The summed E-state index contributed by atoms with van der Waals surface area (Å²) < 4.78 is 2.08. The van der Waals surface area contributed by atoms with Crippen molar-refractivity contribution in [3.05, 3.63) is 52.6 Å². The maximum absolute atomic E-state index is 11.8. The number of aliphatic carboxylic acids is 1. The monoisotopic (exact) mass is 248 g/mol. The molecule has 0 aliphatic heterocycles. The predicted octanol–water partition coefficient (Wildman–Crippen LogP) is 0.488. The van der Waals surface area contributed by atoms with Gasteiger partial charge in [-0.05, 0) is 5.56 Å². The average molecular weight is 248 g/mol. The molecule has 0 fully saturated rings. The van der Waals surface area contributed by atoms with Crippen molar-refractivity contribution in [2.75, 3.05) is 0 Å². The molecule has 1 heterocycles. The number of carbonyl (C=O) groups is 1. The first-order chi connectivity index (χ1) is 8.58. The molecule has 2 aromatic rings. The van der Waals surface area contributed by atoms with E-state index < -0.39 is 18.2 Å². The maximum Gasteiger partial charge on any atom is 0.331 e. The van der Waals surface area contributed by atoms with Gasteiger partial charge in [-0.3, -0.25) is 13.9 Å². The zero-order valence-electron chi connectivity index (χ0n) is 9.48. The van der Waals surface area contributed by atoms with Crippen molar-refractivity contribution in [1.82, 2.24) is 9.13 Å². The summed E-state index contributed by atoms with van der Waals surface area (Å²) in [5, 5.41) is 18.3. The van der Waals surface area contributed by atoms with Crippen LogP contribution in [0.25, 0.3) is 0 Å². The summed E-state index contributed by atoms with van der Waals surface area (Å²) >= 11 is 0. The second kappa shape index (κ2) is 4.79. The second-order valence-corrected chi connectivity index (χ2v) is 3.86. The van der Waals surface area contributed by atoms with E-state index >= 15 is 0 Å². The van der Waals surface area contributed by atoms with Gasteiger partial charge in [-0.2, -0.15) is 0 Å². The third-order valence-electron chi connectivity index (χ3n) is 2.51. The Balaban J connectivity index is 2.32. The van der Waals surface area contributed by atoms with E-state index in [2.05, 4.69) is 0 Å². The first-order valence-electron chi connectivity index (χ1n) is 5.32. The fourth-order valence-corrected chi connectivity index (χ4v) is 1.69. The standard InChI is InChI=1S/C12H12N2O4/c15-10-7-13(8-11(16)17)12(18)14(10)6-9-4-2-1-3-5-9/h1-5,7,15H,6,8H2,(H,16,17). The highest BCUT2D eigenvalue weighted by Crippen LogP contribution is 2.09. The Hall–Kier alpha value is -2.50. The highest BCUT2D eigenvalue weighted by Gasteiger charge is 2.12. The first-order valence-corrected chi connectivity index (χ1v) is 5.32. The summed E-state index contributed by atoms with van der Waals surface area (Å²) in [6.07, 6.45) is 1.12. The molecule has 0 amide bonds. The number of nitrogens with zero attached hydrogens (tertiary/aromatic N) is 2. The van der Waals surface area contributed by atoms with Gasteiger partial charge in [0.15, 0.2) is 0 Å². The molecule has 0 aliphatic rings. The number of benzene rings is 1. The molecule has 1 aromatic carbocycles. The fraction of sp³-hybridized carbons (Fsp3) is 0.167. The van der Waals surface area contributed by atoms with Crippen molar-refractivity contribution in [2.24, 2.45) is 0 Å². The summed E-state index contributed by atoms with van der Waals surface area (Å²) in [6, 6.07) is 9.14. The molecule has 18 heavy (non-hydrogen) atoms. The average Bonchev–Trinajstić information content (AvgIpc) is 2.58. The van der Waals surface area contributed by atoms with Crippen LogP contribution in [-0.2, 0) is 17.9 Å². The Labute approximate surface area is 102 Å². The second-order valence-electron chi connectivity index (χ2n) is 3.86. The fourth-order valence-electron chi connectivity index (χ4n) is 1.69. The molecule has 0 radical (unpaired) electrons. The lowest BCUT2D eigenvalue weighted by Crippen LogP contribution is -2.27. The van der Waals surface area contributed by atoms with Gasteiger partial charge in [-0.1, -0.05) is 30.3 Å². The Morgan fingerprint density at radius 2 is 1.89 bits per heavy atom. The van der Waals surface area contributed by atoms with Crippen molar-refractivity contribution in [2.45, 2.75) is 13.1 Å². The van der Waals surface area contributed by atoms with Gasteiger partial charge in [0.2, 0.25) is 5.88 Å². The van der Waals surface area contributed by atoms with Gasteiger partial charge in [0, 0.05) is 0 Å². The Morgan fingerprint density at radius 1 is 1.22 bits per heavy atom. The molecular formula is C12H12N2O4. The number of imidazole rings is 1. The molecule has 0 saturated carbocycles. The summed E-state index contributed by atoms with van der Waals surface area (Å²) in [6.45, 7) is -0.258. The third kappa shape index (κ3) is 2.42. The summed E-state index contributed by atoms with van der Waals surface area (Å²) in [5.74, 6) is -1.38. The zero-order valence-corrected chi connectivity index (χ0v) is 9.48. The van der Waals surface area contributed by atoms with Crippen LogP contribution < -0.4 is 5.69 Å². The van der Waals surface area contributed by atoms with Crippen molar-refractivity contribution < 1.29 is 15.0 Å². The number of carboxylic acid groups (broad SMARTS) is 1. The number of hydrogen-bond donors (Lipinski definition) is 2. The molecule has 1 aromatic heterocycles. The normalized spacial score (nSPS) is 10.4. The molecule has 0 spiro atoms. The van der Waals surface area contributed by atoms with E-state index in [1.807, 2.05) is 30.3 Å². The van der Waals surface area contributed by atoms with Gasteiger partial charge >= 0.3 is 11.7 Å². The largest absolute Gasteiger partial charge is 0.493 e. The van der Waals surface area contributed by atoms with E-state index in [9.17, 15) is 14.7 Å². The summed E-state index contributed by atoms with van der Waals surface area (Å²) in [5.41, 5.74) is 0.307. The Morgan fingerprint density at radius 3 is 2.50 bits per heavy atom. The number of rotatable bonds is 4. The Bertz CT molecular complexity index is 613. The van der Waals surface area contributed by atoms with Crippen LogP contribution in [0.15, 0.2) is 41.3 Å². The van der Waals surface area contributed by atoms with E-state index in [1.165, 1.54) is 0 Å². The van der Waals surface area contributed by atoms with Gasteiger partial charge in [0.25, 0.3) is 0 Å². The van der Waals surface area contributed by atoms with E-state index in [0.29, 0.717) is 0 Å². The van der Waals surface area contributed by atoms with E-state index in [0.717, 1.165) is 20.9 Å². The van der Waals surface area contributed by atoms with Gasteiger partial charge in [0.05, 0.1) is 12.7 Å². The topological polar surface area (TPSA) is 84.5 Å². The van der Waals surface area contributed by atoms with Crippen molar-refractivity contribution >= 4 is 5.97 Å². The molecule has 0 saturated heterocycles. The van der Waals surface area contributed by atoms with Crippen LogP contribution in [0.2, 0.25) is 0 Å². The van der Waals surface area contributed by atoms with Gasteiger partial charge in [-0.25, -0.2) is 4.79 Å². The minimum absolute atomic E-state index is 0.206. The molecular weight excluding hydrogens is 236 g/mol. The minimum Gasteiger partial charge on any atom is -0.493 e. The quantitative estimate of drug-likeness (QED) is 0.824. The number of aromatic hydroxyl groups is 1. The minimum atomic E-state index is -1.13. The lowest BCUT2D eigenvalue weighted by molar-refractivity contribution is -0.137. The van der Waals surface area contributed by atoms with Crippen LogP contribution in [0.3, 0.4) is 0 Å². The maximum atomic E-state index is 11.8. The number of aromatic nitrogens is 2. The lowest BCUT2D eigenvalue weighted by Gasteiger charge is -2.02. The summed E-state index contributed by atoms with van der Waals surface area (Å²) in [7, 11) is 0. The van der Waals surface area contributed by atoms with Gasteiger partial charge < -0.3 is 10.2 Å². The molecule has 2 rings (SSSR count). The van der Waals surface area contributed by atoms with Crippen LogP contribution >= 0.6 is 0 Å². The third-order valence-corrected chi connectivity index (χ3v) is 2.51. The van der Waals surface area contributed by atoms with Crippen LogP contribution in [0.5, 0.6) is 5.88 Å². The van der Waals surface area contributed by atoms with Crippen LogP contribution in [0.4, 0.5) is 0 Å². The molecule has 0 unspecified atom stereocenters. The highest BCUT2D eigenvalue weighted by atomic mass is 16.4. The molecule has 94 valence electrons. The molecule has 6 heteroatoms.